The number of rotatable bonds is 10. The van der Waals surface area contributed by atoms with E-state index in [0.717, 1.165) is 0 Å². The molecule has 0 N–H and O–H groups in total. The minimum atomic E-state index is -0.836. The van der Waals surface area contributed by atoms with Crippen molar-refractivity contribution in [3.8, 4) is 0 Å². The zero-order valence-electron chi connectivity index (χ0n) is 11.1. The summed E-state index contributed by atoms with van der Waals surface area (Å²) < 4.78 is 14.4. The Balaban J connectivity index is 4.40. The molecular formula is C12H19ClO6. The van der Waals surface area contributed by atoms with Crippen LogP contribution in [-0.2, 0) is 28.6 Å². The Hall–Kier alpha value is -1.14. The van der Waals surface area contributed by atoms with Gasteiger partial charge in [-0.2, -0.15) is 0 Å². The largest absolute Gasteiger partial charge is 0.466 e. The van der Waals surface area contributed by atoms with Crippen LogP contribution in [-0.4, -0.2) is 50.0 Å². The van der Waals surface area contributed by atoms with Crippen molar-refractivity contribution in [2.45, 2.75) is 32.3 Å². The molecule has 0 bridgehead atoms. The molecule has 0 aromatic rings. The molecule has 0 unspecified atom stereocenters. The lowest BCUT2D eigenvalue weighted by Gasteiger charge is -2.16. The van der Waals surface area contributed by atoms with Crippen LogP contribution in [0.1, 0.15) is 26.2 Å². The summed E-state index contributed by atoms with van der Waals surface area (Å²) in [6.45, 7) is 1.67. The minimum absolute atomic E-state index is 0.0546. The monoisotopic (exact) mass is 294 g/mol. The first-order chi connectivity index (χ1) is 9.03. The Morgan fingerprint density at radius 3 is 2.37 bits per heavy atom. The summed E-state index contributed by atoms with van der Waals surface area (Å²) in [7, 11) is 1.35. The molecule has 0 aliphatic carbocycles. The highest BCUT2D eigenvalue weighted by molar-refractivity contribution is 6.19. The molecule has 0 spiro atoms. The molecule has 0 rings (SSSR count). The predicted octanol–water partition coefficient (Wildman–Crippen LogP) is 1.09. The van der Waals surface area contributed by atoms with E-state index in [2.05, 4.69) is 4.74 Å². The number of methoxy groups -OCH3 is 1. The first-order valence-electron chi connectivity index (χ1n) is 5.95. The van der Waals surface area contributed by atoms with E-state index in [1.54, 1.807) is 6.92 Å². The van der Waals surface area contributed by atoms with Gasteiger partial charge >= 0.3 is 11.9 Å². The van der Waals surface area contributed by atoms with E-state index in [1.165, 1.54) is 7.11 Å². The Morgan fingerprint density at radius 2 is 1.84 bits per heavy atom. The molecule has 0 radical (unpaired) electrons. The van der Waals surface area contributed by atoms with Gasteiger partial charge in [-0.3, -0.25) is 9.59 Å². The smallest absolute Gasteiger partial charge is 0.332 e. The van der Waals surface area contributed by atoms with Crippen LogP contribution in [0.4, 0.5) is 0 Å². The molecule has 7 heteroatoms. The summed E-state index contributed by atoms with van der Waals surface area (Å²) in [5, 5.41) is 0. The van der Waals surface area contributed by atoms with E-state index in [1.807, 2.05) is 0 Å². The molecule has 0 saturated carbocycles. The summed E-state index contributed by atoms with van der Waals surface area (Å²) in [6, 6.07) is 0. The highest BCUT2D eigenvalue weighted by atomic mass is 35.5. The Kier molecular flexibility index (Phi) is 10.1. The average Bonchev–Trinajstić information content (AvgIpc) is 2.29. The molecular weight excluding hydrogens is 276 g/mol. The fourth-order valence-electron chi connectivity index (χ4n) is 1.36. The van der Waals surface area contributed by atoms with Crippen molar-refractivity contribution in [1.82, 2.24) is 0 Å². The predicted molar refractivity (Wildman–Crippen MR) is 68.0 cm³/mol. The van der Waals surface area contributed by atoms with Gasteiger partial charge in [-0.05, 0) is 6.92 Å². The second-order valence-corrected chi connectivity index (χ2v) is 4.11. The van der Waals surface area contributed by atoms with Gasteiger partial charge < -0.3 is 14.2 Å². The van der Waals surface area contributed by atoms with Gasteiger partial charge in [0.05, 0.1) is 13.0 Å². The van der Waals surface area contributed by atoms with E-state index >= 15 is 0 Å². The third-order valence-corrected chi connectivity index (χ3v) is 2.28. The fraction of sp³-hybridized carbons (Fsp3) is 0.750. The Labute approximate surface area is 117 Å². The van der Waals surface area contributed by atoms with E-state index in [-0.39, 0.29) is 44.1 Å². The number of ketones is 1. The number of alkyl halides is 1. The van der Waals surface area contributed by atoms with Crippen LogP contribution in [0, 0.1) is 0 Å². The SMILES string of the molecule is CCOC(=O)C[C@H](CC(=O)CCCl)OC(=O)COC. The third kappa shape index (κ3) is 9.44. The molecule has 0 fully saturated rings. The van der Waals surface area contributed by atoms with Gasteiger partial charge in [0.2, 0.25) is 0 Å². The fourth-order valence-corrected chi connectivity index (χ4v) is 1.57. The molecule has 0 aromatic carbocycles. The van der Waals surface area contributed by atoms with Gasteiger partial charge in [-0.15, -0.1) is 11.6 Å². The second kappa shape index (κ2) is 10.8. The Bertz CT molecular complexity index is 257. The van der Waals surface area contributed by atoms with Gasteiger partial charge in [0.25, 0.3) is 0 Å². The van der Waals surface area contributed by atoms with Gasteiger partial charge in [0.1, 0.15) is 18.5 Å². The molecule has 0 aromatic heterocycles. The van der Waals surface area contributed by atoms with E-state index in [9.17, 15) is 14.4 Å². The van der Waals surface area contributed by atoms with Crippen molar-refractivity contribution in [1.29, 1.82) is 0 Å². The molecule has 0 aliphatic rings. The third-order valence-electron chi connectivity index (χ3n) is 2.09. The quantitative estimate of drug-likeness (QED) is 0.443. The van der Waals surface area contributed by atoms with Crippen molar-refractivity contribution in [2.24, 2.45) is 0 Å². The summed E-state index contributed by atoms with van der Waals surface area (Å²) in [4.78, 5) is 34.1. The van der Waals surface area contributed by atoms with E-state index in [0.29, 0.717) is 0 Å². The number of hydrogen-bond acceptors (Lipinski definition) is 6. The molecule has 0 saturated heterocycles. The van der Waals surface area contributed by atoms with Crippen LogP contribution in [0.2, 0.25) is 0 Å². The summed E-state index contributed by atoms with van der Waals surface area (Å²) in [6.07, 6.45) is -0.876. The van der Waals surface area contributed by atoms with E-state index < -0.39 is 18.0 Å². The van der Waals surface area contributed by atoms with Crippen LogP contribution >= 0.6 is 11.6 Å². The molecule has 110 valence electrons. The number of halogens is 1. The maximum atomic E-state index is 11.5. The number of carbonyl (C=O) groups is 3. The standard InChI is InChI=1S/C12H19ClO6/c1-3-18-11(15)7-10(6-9(14)4-5-13)19-12(16)8-17-2/h10H,3-8H2,1-2H3/t10-/m0/s1. The molecule has 19 heavy (non-hydrogen) atoms. The van der Waals surface area contributed by atoms with Gasteiger partial charge in [0.15, 0.2) is 0 Å². The van der Waals surface area contributed by atoms with Crippen molar-refractivity contribution in [3.05, 3.63) is 0 Å². The highest BCUT2D eigenvalue weighted by Gasteiger charge is 2.22. The van der Waals surface area contributed by atoms with Crippen molar-refractivity contribution >= 4 is 29.3 Å². The van der Waals surface area contributed by atoms with Crippen LogP contribution in [0.15, 0.2) is 0 Å². The van der Waals surface area contributed by atoms with Crippen LogP contribution in [0.5, 0.6) is 0 Å². The van der Waals surface area contributed by atoms with Crippen LogP contribution in [0.3, 0.4) is 0 Å². The zero-order valence-corrected chi connectivity index (χ0v) is 11.9. The van der Waals surface area contributed by atoms with Crippen molar-refractivity contribution in [3.63, 3.8) is 0 Å². The molecule has 1 atom stereocenters. The van der Waals surface area contributed by atoms with Crippen LogP contribution in [0.25, 0.3) is 0 Å². The first-order valence-corrected chi connectivity index (χ1v) is 6.48. The number of carbonyl (C=O) groups excluding carboxylic acids is 3. The van der Waals surface area contributed by atoms with Gasteiger partial charge in [-0.25, -0.2) is 4.79 Å². The summed E-state index contributed by atoms with van der Waals surface area (Å²) >= 11 is 5.45. The first kappa shape index (κ1) is 17.9. The second-order valence-electron chi connectivity index (χ2n) is 3.74. The lowest BCUT2D eigenvalue weighted by molar-refractivity contribution is -0.158. The Morgan fingerprint density at radius 1 is 1.16 bits per heavy atom. The molecule has 0 amide bonds. The topological polar surface area (TPSA) is 78.9 Å². The molecule has 6 nitrogen and oxygen atoms in total. The van der Waals surface area contributed by atoms with Gasteiger partial charge in [-0.1, -0.05) is 0 Å². The maximum Gasteiger partial charge on any atom is 0.332 e. The summed E-state index contributed by atoms with van der Waals surface area (Å²) in [5.74, 6) is -1.13. The molecule has 0 heterocycles. The lowest BCUT2D eigenvalue weighted by atomic mass is 10.1. The summed E-state index contributed by atoms with van der Waals surface area (Å²) in [5.41, 5.74) is 0. The van der Waals surface area contributed by atoms with Crippen LogP contribution < -0.4 is 0 Å². The van der Waals surface area contributed by atoms with Gasteiger partial charge in [0, 0.05) is 25.8 Å². The maximum absolute atomic E-state index is 11.5. The highest BCUT2D eigenvalue weighted by Crippen LogP contribution is 2.09. The van der Waals surface area contributed by atoms with E-state index in [4.69, 9.17) is 21.1 Å². The van der Waals surface area contributed by atoms with Crippen molar-refractivity contribution < 1.29 is 28.6 Å². The zero-order chi connectivity index (χ0) is 14.7. The number of ether oxygens (including phenoxy) is 3. The van der Waals surface area contributed by atoms with Crippen molar-refractivity contribution in [2.75, 3.05) is 26.2 Å². The normalized spacial score (nSPS) is 11.7. The lowest BCUT2D eigenvalue weighted by Crippen LogP contribution is -2.27. The number of hydrogen-bond donors (Lipinski definition) is 0. The average molecular weight is 295 g/mol. The number of Topliss-reactive ketones (excluding diaryl/α,β-unsaturated/α-hetero) is 1. The molecule has 0 aliphatic heterocycles. The number of esters is 2. The minimum Gasteiger partial charge on any atom is -0.466 e.